The van der Waals surface area contributed by atoms with Crippen LogP contribution in [0.1, 0.15) is 53.6 Å². The fraction of sp³-hybridized carbons (Fsp3) is 0.217. The van der Waals surface area contributed by atoms with Crippen LogP contribution >= 0.6 is 12.4 Å². The lowest BCUT2D eigenvalue weighted by Crippen LogP contribution is -2.20. The number of nitrogens with one attached hydrogen (secondary N) is 1. The molecule has 0 aliphatic rings. The molecule has 2 aromatic carbocycles. The molecule has 0 saturated carbocycles. The van der Waals surface area contributed by atoms with Crippen molar-refractivity contribution in [3.05, 3.63) is 65.6 Å². The van der Waals surface area contributed by atoms with E-state index in [4.69, 9.17) is 31.1 Å². The average molecular weight is 474 g/mol. The van der Waals surface area contributed by atoms with Gasteiger partial charge in [-0.1, -0.05) is 18.2 Å². The first-order valence-corrected chi connectivity index (χ1v) is 9.95. The van der Waals surface area contributed by atoms with E-state index < -0.39 is 18.0 Å². The monoisotopic (exact) mass is 473 g/mol. The summed E-state index contributed by atoms with van der Waals surface area (Å²) in [6.07, 6.45) is 0.902. The van der Waals surface area contributed by atoms with E-state index in [1.165, 1.54) is 12.1 Å². The van der Waals surface area contributed by atoms with Gasteiger partial charge in [0.15, 0.2) is 5.78 Å². The number of fused-ring (bicyclic) bond motifs is 1. The van der Waals surface area contributed by atoms with Crippen molar-refractivity contribution in [2.45, 2.75) is 31.7 Å². The van der Waals surface area contributed by atoms with E-state index in [0.717, 1.165) is 10.8 Å². The van der Waals surface area contributed by atoms with Gasteiger partial charge >= 0.3 is 11.9 Å². The van der Waals surface area contributed by atoms with Crippen molar-refractivity contribution in [3.8, 4) is 5.75 Å². The summed E-state index contributed by atoms with van der Waals surface area (Å²) in [5, 5.41) is 17.8. The Bertz CT molecular complexity index is 1190. The summed E-state index contributed by atoms with van der Waals surface area (Å²) in [4.78, 5) is 35.1. The second-order valence-electron chi connectivity index (χ2n) is 7.27. The number of carbonyl (C=O) groups excluding carboxylic acids is 2. The molecule has 9 nitrogen and oxygen atoms in total. The predicted molar refractivity (Wildman–Crippen MR) is 124 cm³/mol. The summed E-state index contributed by atoms with van der Waals surface area (Å²) < 4.78 is 10.8. The molecule has 3 rings (SSSR count). The molecule has 0 aliphatic carbocycles. The summed E-state index contributed by atoms with van der Waals surface area (Å²) in [7, 11) is 0. The number of Topliss-reactive ketones (excluding diaryl/α,β-unsaturated/α-hetero) is 1. The number of hydrogen-bond acceptors (Lipinski definition) is 7. The van der Waals surface area contributed by atoms with E-state index in [0.29, 0.717) is 24.2 Å². The zero-order valence-corrected chi connectivity index (χ0v) is 18.4. The van der Waals surface area contributed by atoms with Gasteiger partial charge in [0.25, 0.3) is 0 Å². The molecule has 10 heteroatoms. The lowest BCUT2D eigenvalue weighted by atomic mass is 10.0. The number of esters is 1. The lowest BCUT2D eigenvalue weighted by Gasteiger charge is -2.08. The second kappa shape index (κ2) is 11.3. The normalized spacial score (nSPS) is 11.4. The summed E-state index contributed by atoms with van der Waals surface area (Å²) in [5.74, 6) is -1.65. The molecule has 1 heterocycles. The van der Waals surface area contributed by atoms with E-state index in [1.54, 1.807) is 36.4 Å². The smallest absolute Gasteiger partial charge is 0.379 e. The maximum atomic E-state index is 12.4. The molecule has 1 atom stereocenters. The molecule has 0 fully saturated rings. The number of amidine groups is 1. The van der Waals surface area contributed by atoms with Crippen LogP contribution in [-0.4, -0.2) is 28.7 Å². The van der Waals surface area contributed by atoms with Gasteiger partial charge in [0, 0.05) is 18.4 Å². The summed E-state index contributed by atoms with van der Waals surface area (Å²) in [6, 6.07) is 12.1. The summed E-state index contributed by atoms with van der Waals surface area (Å²) >= 11 is 0. The zero-order valence-electron chi connectivity index (χ0n) is 17.6. The van der Waals surface area contributed by atoms with E-state index >= 15 is 0 Å². The van der Waals surface area contributed by atoms with Gasteiger partial charge in [-0.15, -0.1) is 12.4 Å². The minimum absolute atomic E-state index is 0. The van der Waals surface area contributed by atoms with Crippen molar-refractivity contribution in [2.75, 3.05) is 0 Å². The first-order valence-electron chi connectivity index (χ1n) is 9.95. The molecule has 0 spiro atoms. The third-order valence-corrected chi connectivity index (χ3v) is 4.88. The molecular formula is C23H24ClN3O6. The van der Waals surface area contributed by atoms with Crippen molar-refractivity contribution < 1.29 is 28.6 Å². The van der Waals surface area contributed by atoms with Crippen LogP contribution in [0.25, 0.3) is 10.8 Å². The Balaban J connectivity index is 0.00000385. The van der Waals surface area contributed by atoms with Gasteiger partial charge in [0.1, 0.15) is 23.4 Å². The molecule has 1 unspecified atom stereocenters. The van der Waals surface area contributed by atoms with Crippen LogP contribution in [0.3, 0.4) is 0 Å². The number of ether oxygens (including phenoxy) is 1. The summed E-state index contributed by atoms with van der Waals surface area (Å²) in [6.45, 7) is 0. The molecule has 174 valence electrons. The fourth-order valence-corrected chi connectivity index (χ4v) is 3.13. The molecule has 0 saturated heterocycles. The van der Waals surface area contributed by atoms with Gasteiger partial charge in [-0.2, -0.15) is 0 Å². The number of rotatable bonds is 10. The van der Waals surface area contributed by atoms with E-state index in [2.05, 4.69) is 0 Å². The van der Waals surface area contributed by atoms with Crippen LogP contribution in [0.4, 0.5) is 0 Å². The maximum Gasteiger partial charge on any atom is 0.379 e. The van der Waals surface area contributed by atoms with E-state index in [1.807, 2.05) is 0 Å². The highest BCUT2D eigenvalue weighted by atomic mass is 35.5. The predicted octanol–water partition coefficient (Wildman–Crippen LogP) is 3.57. The number of nitrogen functional groups attached to an aromatic ring is 1. The van der Waals surface area contributed by atoms with E-state index in [9.17, 15) is 14.4 Å². The van der Waals surface area contributed by atoms with Gasteiger partial charge in [0.05, 0.1) is 0 Å². The van der Waals surface area contributed by atoms with Crippen LogP contribution in [0.15, 0.2) is 52.9 Å². The molecule has 6 N–H and O–H groups in total. The lowest BCUT2D eigenvalue weighted by molar-refractivity contribution is -0.137. The second-order valence-corrected chi connectivity index (χ2v) is 7.27. The zero-order chi connectivity index (χ0) is 23.3. The van der Waals surface area contributed by atoms with E-state index in [-0.39, 0.29) is 48.4 Å². The molecular weight excluding hydrogens is 450 g/mol. The topological polar surface area (TPSA) is 170 Å². The number of unbranched alkanes of at least 4 members (excludes halogenated alkanes) is 1. The number of benzene rings is 2. The minimum Gasteiger partial charge on any atom is -0.481 e. The maximum absolute atomic E-state index is 12.4. The first-order chi connectivity index (χ1) is 15.2. The van der Waals surface area contributed by atoms with Crippen LogP contribution in [0, 0.1) is 5.41 Å². The molecule has 0 amide bonds. The quantitative estimate of drug-likeness (QED) is 0.114. The fourth-order valence-electron chi connectivity index (χ4n) is 3.13. The molecule has 0 bridgehead atoms. The Morgan fingerprint density at radius 2 is 1.67 bits per heavy atom. The van der Waals surface area contributed by atoms with Crippen molar-refractivity contribution in [1.29, 1.82) is 5.41 Å². The number of hydrogen-bond donors (Lipinski definition) is 4. The Labute approximate surface area is 195 Å². The third-order valence-electron chi connectivity index (χ3n) is 4.88. The number of ketones is 1. The molecule has 0 aliphatic heterocycles. The minimum atomic E-state index is -1.04. The highest BCUT2D eigenvalue weighted by Gasteiger charge is 2.22. The van der Waals surface area contributed by atoms with Gasteiger partial charge < -0.3 is 25.7 Å². The molecule has 1 aromatic heterocycles. The average Bonchev–Trinajstić information content (AvgIpc) is 3.26. The number of nitrogens with two attached hydrogens (primary N) is 2. The number of carboxylic acid groups (broad SMARTS) is 1. The Hall–Kier alpha value is -3.69. The van der Waals surface area contributed by atoms with Gasteiger partial charge in [-0.25, -0.2) is 4.79 Å². The number of aliphatic carboxylic acids is 1. The SMILES string of the molecule is Cl.N=C(N)c1ccc2cc(OC(=O)c3ccc(C(N)C(=O)CCCCC(=O)O)o3)ccc2c1. The Kier molecular flexibility index (Phi) is 8.72. The Morgan fingerprint density at radius 1 is 1.00 bits per heavy atom. The first kappa shape index (κ1) is 25.6. The Morgan fingerprint density at radius 3 is 2.36 bits per heavy atom. The van der Waals surface area contributed by atoms with Gasteiger partial charge in [-0.05, 0) is 53.9 Å². The van der Waals surface area contributed by atoms with Crippen molar-refractivity contribution in [2.24, 2.45) is 11.5 Å². The van der Waals surface area contributed by atoms with Crippen LogP contribution < -0.4 is 16.2 Å². The molecule has 33 heavy (non-hydrogen) atoms. The highest BCUT2D eigenvalue weighted by molar-refractivity contribution is 5.99. The van der Waals surface area contributed by atoms with Crippen molar-refractivity contribution in [3.63, 3.8) is 0 Å². The number of halogens is 1. The largest absolute Gasteiger partial charge is 0.481 e. The third kappa shape index (κ3) is 6.64. The number of carboxylic acids is 1. The van der Waals surface area contributed by atoms with Crippen molar-refractivity contribution in [1.82, 2.24) is 0 Å². The highest BCUT2D eigenvalue weighted by Crippen LogP contribution is 2.24. The van der Waals surface area contributed by atoms with Crippen molar-refractivity contribution >= 4 is 46.7 Å². The molecule has 3 aromatic rings. The van der Waals surface area contributed by atoms with Crippen LogP contribution in [0.5, 0.6) is 5.75 Å². The van der Waals surface area contributed by atoms with Gasteiger partial charge in [0.2, 0.25) is 5.76 Å². The number of furan rings is 1. The summed E-state index contributed by atoms with van der Waals surface area (Å²) in [5.41, 5.74) is 12.0. The van der Waals surface area contributed by atoms with Gasteiger partial charge in [-0.3, -0.25) is 15.0 Å². The van der Waals surface area contributed by atoms with Crippen LogP contribution in [-0.2, 0) is 9.59 Å². The van der Waals surface area contributed by atoms with Crippen LogP contribution in [0.2, 0.25) is 0 Å². The number of carbonyl (C=O) groups is 3. The molecule has 0 radical (unpaired) electrons. The standard InChI is InChI=1S/C23H23N3O6.ClH/c24-21(17(27)3-1-2-4-20(28)29)18-9-10-19(32-18)23(30)31-16-8-7-13-11-15(22(25)26)6-5-14(13)12-16;/h5-12,21H,1-4,24H2,(H3,25,26)(H,28,29);1H.